The Labute approximate surface area is 234 Å². The van der Waals surface area contributed by atoms with Gasteiger partial charge in [-0.2, -0.15) is 26.3 Å². The fourth-order valence-electron chi connectivity index (χ4n) is 3.69. The molecule has 0 aromatic carbocycles. The highest BCUT2D eigenvalue weighted by molar-refractivity contribution is 6.00. The summed E-state index contributed by atoms with van der Waals surface area (Å²) in [7, 11) is 1.27. The summed E-state index contributed by atoms with van der Waals surface area (Å²) in [5.41, 5.74) is -2.76. The molecule has 232 valence electrons. The summed E-state index contributed by atoms with van der Waals surface area (Å²) in [6, 6.07) is -3.24. The van der Waals surface area contributed by atoms with E-state index in [1.165, 1.54) is 32.4 Å². The topological polar surface area (TPSA) is 161 Å². The first-order chi connectivity index (χ1) is 19.4. The quantitative estimate of drug-likeness (QED) is 0.325. The number of anilines is 1. The van der Waals surface area contributed by atoms with Crippen molar-refractivity contribution in [2.24, 2.45) is 0 Å². The molecule has 0 bridgehead atoms. The Bertz CT molecular complexity index is 1280. The van der Waals surface area contributed by atoms with Crippen LogP contribution in [0.5, 0.6) is 0 Å². The normalized spacial score (nSPS) is 17.5. The van der Waals surface area contributed by atoms with Crippen molar-refractivity contribution >= 4 is 23.7 Å². The van der Waals surface area contributed by atoms with E-state index in [4.69, 9.17) is 9.47 Å². The predicted molar refractivity (Wildman–Crippen MR) is 129 cm³/mol. The van der Waals surface area contributed by atoms with Gasteiger partial charge in [0.15, 0.2) is 11.3 Å². The Morgan fingerprint density at radius 3 is 2.43 bits per heavy atom. The van der Waals surface area contributed by atoms with Crippen LogP contribution in [0, 0.1) is 6.92 Å². The number of urea groups is 1. The third-order valence-electron chi connectivity index (χ3n) is 6.24. The zero-order valence-electron chi connectivity index (χ0n) is 22.6. The van der Waals surface area contributed by atoms with E-state index in [1.54, 1.807) is 0 Å². The number of aryl methyl sites for hydroxylation is 1. The van der Waals surface area contributed by atoms with Gasteiger partial charge in [-0.15, -0.1) is 0 Å². The van der Waals surface area contributed by atoms with Gasteiger partial charge in [0.25, 0.3) is 11.8 Å². The molecule has 1 aliphatic heterocycles. The molecule has 42 heavy (non-hydrogen) atoms. The predicted octanol–water partition coefficient (Wildman–Crippen LogP) is 2.51. The molecule has 3 rings (SSSR count). The number of nitrogens with zero attached hydrogens (tertiary/aromatic N) is 4. The van der Waals surface area contributed by atoms with Crippen molar-refractivity contribution in [3.8, 4) is 0 Å². The molecule has 0 radical (unpaired) electrons. The number of carbonyl (C=O) groups is 3. The van der Waals surface area contributed by atoms with Crippen LogP contribution in [-0.4, -0.2) is 94.9 Å². The fraction of sp³-hybridized carbons (Fsp3) is 0.565. The summed E-state index contributed by atoms with van der Waals surface area (Å²) in [6.45, 7) is 0.958. The van der Waals surface area contributed by atoms with E-state index in [9.17, 15) is 40.7 Å². The van der Waals surface area contributed by atoms with Crippen LogP contribution in [0.1, 0.15) is 41.6 Å². The minimum Gasteiger partial charge on any atom is -0.382 e. The molecule has 1 saturated heterocycles. The molecule has 3 atom stereocenters. The Balaban J connectivity index is 1.83. The average Bonchev–Trinajstić information content (AvgIpc) is 3.49. The van der Waals surface area contributed by atoms with Crippen molar-refractivity contribution in [1.29, 1.82) is 0 Å². The first-order valence-corrected chi connectivity index (χ1v) is 12.1. The highest BCUT2D eigenvalue weighted by Crippen LogP contribution is 2.33. The molecule has 1 fully saturated rings. The molecule has 19 heteroatoms. The smallest absolute Gasteiger partial charge is 0.382 e. The molecule has 0 saturated carbocycles. The molecule has 0 spiro atoms. The molecule has 2 aromatic rings. The number of alkyl halides is 6. The van der Waals surface area contributed by atoms with Crippen molar-refractivity contribution in [1.82, 2.24) is 30.8 Å². The zero-order valence-corrected chi connectivity index (χ0v) is 22.6. The highest BCUT2D eigenvalue weighted by Gasteiger charge is 2.50. The Kier molecular flexibility index (Phi) is 9.66. The Hall–Kier alpha value is -4.00. The van der Waals surface area contributed by atoms with E-state index in [1.807, 2.05) is 5.32 Å². The third kappa shape index (κ3) is 7.64. The van der Waals surface area contributed by atoms with Crippen molar-refractivity contribution in [3.63, 3.8) is 0 Å². The third-order valence-corrected chi connectivity index (χ3v) is 6.24. The number of ether oxygens (including phenoxy) is 2. The SMILES string of the molecule is COC[C@H](c1ccnc(NC(=O)[C@H](COC(C)(C)C(F)(F)F)NC(=O)c2nonc2C)c1)N1C[C@@H](C(F)(F)F)NC1=O. The number of methoxy groups -OCH3 is 1. The van der Waals surface area contributed by atoms with Crippen molar-refractivity contribution in [2.45, 2.75) is 56.9 Å². The van der Waals surface area contributed by atoms with Gasteiger partial charge in [0.1, 0.15) is 23.6 Å². The standard InChI is InChI=1S/C23H27F6N7O6/c1-11-17(35-42-34-11)19(38)31-13(9-41-21(2,3)23(27,28)29)18(37)33-16-7-12(5-6-30-16)14(10-40-4)36-8-15(22(24,25)26)32-20(36)39/h5-7,13-15H,8-10H2,1-4H3,(H,31,38)(H,32,39)(H,30,33,37)/t13-,14+,15-/m0/s1. The van der Waals surface area contributed by atoms with Crippen LogP contribution < -0.4 is 16.0 Å². The maximum absolute atomic E-state index is 13.3. The van der Waals surface area contributed by atoms with Crippen molar-refractivity contribution < 1.29 is 54.8 Å². The van der Waals surface area contributed by atoms with Gasteiger partial charge in [0.2, 0.25) is 0 Å². The number of hydrogen-bond donors (Lipinski definition) is 3. The Morgan fingerprint density at radius 1 is 1.19 bits per heavy atom. The summed E-state index contributed by atoms with van der Waals surface area (Å²) in [5.74, 6) is -2.25. The van der Waals surface area contributed by atoms with Crippen LogP contribution in [0.15, 0.2) is 23.0 Å². The van der Waals surface area contributed by atoms with Gasteiger partial charge in [0, 0.05) is 13.3 Å². The maximum Gasteiger partial charge on any atom is 0.416 e. The van der Waals surface area contributed by atoms with E-state index >= 15 is 0 Å². The van der Waals surface area contributed by atoms with E-state index in [0.717, 1.165) is 18.7 Å². The monoisotopic (exact) mass is 611 g/mol. The second kappa shape index (κ2) is 12.5. The van der Waals surface area contributed by atoms with Crippen LogP contribution in [0.4, 0.5) is 37.0 Å². The lowest BCUT2D eigenvalue weighted by Gasteiger charge is -2.30. The van der Waals surface area contributed by atoms with Crippen molar-refractivity contribution in [3.05, 3.63) is 35.3 Å². The number of amides is 4. The highest BCUT2D eigenvalue weighted by atomic mass is 19.4. The first-order valence-electron chi connectivity index (χ1n) is 12.1. The van der Waals surface area contributed by atoms with Crippen LogP contribution >= 0.6 is 0 Å². The molecular weight excluding hydrogens is 584 g/mol. The lowest BCUT2D eigenvalue weighted by atomic mass is 10.1. The second-order valence-corrected chi connectivity index (χ2v) is 9.67. The lowest BCUT2D eigenvalue weighted by Crippen LogP contribution is -2.51. The van der Waals surface area contributed by atoms with Crippen LogP contribution in [-0.2, 0) is 14.3 Å². The van der Waals surface area contributed by atoms with Gasteiger partial charge >= 0.3 is 18.4 Å². The number of pyridine rings is 1. The van der Waals surface area contributed by atoms with Gasteiger partial charge in [-0.3, -0.25) is 9.59 Å². The van der Waals surface area contributed by atoms with E-state index in [0.29, 0.717) is 0 Å². The van der Waals surface area contributed by atoms with Crippen LogP contribution in [0.25, 0.3) is 0 Å². The van der Waals surface area contributed by atoms with E-state index in [2.05, 4.69) is 30.6 Å². The molecule has 13 nitrogen and oxygen atoms in total. The molecule has 0 unspecified atom stereocenters. The Morgan fingerprint density at radius 2 is 1.88 bits per heavy atom. The molecule has 1 aliphatic rings. The zero-order chi connectivity index (χ0) is 31.5. The molecule has 3 heterocycles. The molecule has 2 aromatic heterocycles. The molecule has 0 aliphatic carbocycles. The van der Waals surface area contributed by atoms with Gasteiger partial charge in [-0.05, 0) is 43.6 Å². The van der Waals surface area contributed by atoms with Gasteiger partial charge < -0.3 is 30.3 Å². The first kappa shape index (κ1) is 32.5. The number of rotatable bonds is 11. The van der Waals surface area contributed by atoms with Gasteiger partial charge in [-0.1, -0.05) is 5.16 Å². The van der Waals surface area contributed by atoms with E-state index < -0.39 is 67.1 Å². The van der Waals surface area contributed by atoms with E-state index in [-0.39, 0.29) is 29.4 Å². The lowest BCUT2D eigenvalue weighted by molar-refractivity contribution is -0.264. The molecule has 3 N–H and O–H groups in total. The molecule has 4 amide bonds. The van der Waals surface area contributed by atoms with Gasteiger partial charge in [0.05, 0.1) is 25.8 Å². The number of aromatic nitrogens is 3. The number of nitrogens with one attached hydrogen (secondary N) is 3. The summed E-state index contributed by atoms with van der Waals surface area (Å²) in [4.78, 5) is 43.0. The van der Waals surface area contributed by atoms with Crippen LogP contribution in [0.3, 0.4) is 0 Å². The largest absolute Gasteiger partial charge is 0.416 e. The number of carbonyl (C=O) groups excluding carboxylic acids is 3. The maximum atomic E-state index is 13.3. The van der Waals surface area contributed by atoms with Crippen molar-refractivity contribution in [2.75, 3.05) is 32.2 Å². The summed E-state index contributed by atoms with van der Waals surface area (Å²) < 4.78 is 94.1. The van der Waals surface area contributed by atoms with Crippen LogP contribution in [0.2, 0.25) is 0 Å². The summed E-state index contributed by atoms with van der Waals surface area (Å²) >= 11 is 0. The molecular formula is C23H27F6N7O6. The minimum absolute atomic E-state index is 0.0421. The number of hydrogen-bond acceptors (Lipinski definition) is 9. The summed E-state index contributed by atoms with van der Waals surface area (Å²) in [6.07, 6.45) is -8.32. The average molecular weight is 612 g/mol. The van der Waals surface area contributed by atoms with Gasteiger partial charge in [-0.25, -0.2) is 14.4 Å². The minimum atomic E-state index is -4.82. The fourth-order valence-corrected chi connectivity index (χ4v) is 3.69. The summed E-state index contributed by atoms with van der Waals surface area (Å²) in [5, 5.41) is 13.2. The second-order valence-electron chi connectivity index (χ2n) is 9.67. The number of halogens is 6.